The number of amides is 1. The van der Waals surface area contributed by atoms with Gasteiger partial charge in [0.25, 0.3) is 15.9 Å². The highest BCUT2D eigenvalue weighted by molar-refractivity contribution is 7.92. The van der Waals surface area contributed by atoms with Crippen LogP contribution in [0.2, 0.25) is 5.02 Å². The molecule has 0 spiro atoms. The molecule has 1 amide bonds. The Hall–Kier alpha value is -3.17. The average molecular weight is 433 g/mol. The van der Waals surface area contributed by atoms with Gasteiger partial charge in [-0.25, -0.2) is 23.1 Å². The third kappa shape index (κ3) is 5.66. The predicted molar refractivity (Wildman–Crippen MR) is 109 cm³/mol. The Bertz CT molecular complexity index is 1090. The standard InChI is InChI=1S/C19H17ClN4O4S/c1-13(28-16-5-2-4-14(20)12-16)18(25)23-15-6-8-17(9-7-15)29(26,27)24-19-21-10-3-11-22-19/h2-13H,1H3,(H,23,25)(H,21,22,24)/t13-/m0/s1. The maximum absolute atomic E-state index is 12.4. The minimum atomic E-state index is -3.84. The topological polar surface area (TPSA) is 110 Å². The van der Waals surface area contributed by atoms with Crippen molar-refractivity contribution < 1.29 is 17.9 Å². The second-order valence-corrected chi connectivity index (χ2v) is 8.03. The van der Waals surface area contributed by atoms with Crippen molar-refractivity contribution in [3.8, 4) is 5.75 Å². The fourth-order valence-electron chi connectivity index (χ4n) is 2.29. The molecular formula is C19H17ClN4O4S. The number of carbonyl (C=O) groups excluding carboxylic acids is 1. The number of anilines is 2. The highest BCUT2D eigenvalue weighted by Crippen LogP contribution is 2.20. The normalized spacial score (nSPS) is 12.1. The number of benzene rings is 2. The van der Waals surface area contributed by atoms with Crippen LogP contribution in [0.3, 0.4) is 0 Å². The molecule has 0 radical (unpaired) electrons. The molecule has 150 valence electrons. The molecule has 0 bridgehead atoms. The van der Waals surface area contributed by atoms with Crippen LogP contribution in [-0.4, -0.2) is 30.4 Å². The van der Waals surface area contributed by atoms with E-state index in [1.807, 2.05) is 0 Å². The Morgan fingerprint density at radius 2 is 1.76 bits per heavy atom. The molecule has 0 unspecified atom stereocenters. The molecule has 0 aliphatic carbocycles. The van der Waals surface area contributed by atoms with E-state index in [9.17, 15) is 13.2 Å². The van der Waals surface area contributed by atoms with Crippen molar-refractivity contribution in [2.45, 2.75) is 17.9 Å². The van der Waals surface area contributed by atoms with Crippen LogP contribution in [0.15, 0.2) is 71.9 Å². The van der Waals surface area contributed by atoms with Gasteiger partial charge in [-0.05, 0) is 55.5 Å². The smallest absolute Gasteiger partial charge is 0.265 e. The third-order valence-corrected chi connectivity index (χ3v) is 5.28. The summed E-state index contributed by atoms with van der Waals surface area (Å²) in [4.78, 5) is 20.0. The highest BCUT2D eigenvalue weighted by Gasteiger charge is 2.17. The van der Waals surface area contributed by atoms with Gasteiger partial charge in [-0.3, -0.25) is 4.79 Å². The van der Waals surface area contributed by atoms with Gasteiger partial charge in [0.1, 0.15) is 5.75 Å². The number of hydrogen-bond acceptors (Lipinski definition) is 6. The second kappa shape index (κ2) is 8.89. The molecule has 3 aromatic rings. The van der Waals surface area contributed by atoms with Gasteiger partial charge in [0.2, 0.25) is 5.95 Å². The summed E-state index contributed by atoms with van der Waals surface area (Å²) in [6, 6.07) is 14.0. The molecule has 2 aromatic carbocycles. The zero-order valence-corrected chi connectivity index (χ0v) is 16.8. The fraction of sp³-hybridized carbons (Fsp3) is 0.105. The second-order valence-electron chi connectivity index (χ2n) is 5.91. The summed E-state index contributed by atoms with van der Waals surface area (Å²) in [6.45, 7) is 1.60. The quantitative estimate of drug-likeness (QED) is 0.592. The number of halogens is 1. The number of ether oxygens (including phenoxy) is 1. The molecule has 29 heavy (non-hydrogen) atoms. The maximum atomic E-state index is 12.4. The van der Waals surface area contributed by atoms with Crippen molar-refractivity contribution in [3.63, 3.8) is 0 Å². The summed E-state index contributed by atoms with van der Waals surface area (Å²) in [5, 5.41) is 3.17. The number of sulfonamides is 1. The van der Waals surface area contributed by atoms with Crippen LogP contribution in [-0.2, 0) is 14.8 Å². The molecule has 0 aliphatic heterocycles. The van der Waals surface area contributed by atoms with Crippen molar-refractivity contribution in [1.29, 1.82) is 0 Å². The lowest BCUT2D eigenvalue weighted by atomic mass is 10.3. The molecular weight excluding hydrogens is 416 g/mol. The van der Waals surface area contributed by atoms with Crippen LogP contribution >= 0.6 is 11.6 Å². The zero-order valence-electron chi connectivity index (χ0n) is 15.2. The van der Waals surface area contributed by atoms with Crippen LogP contribution in [0.5, 0.6) is 5.75 Å². The van der Waals surface area contributed by atoms with Crippen LogP contribution < -0.4 is 14.8 Å². The number of nitrogens with zero attached hydrogens (tertiary/aromatic N) is 2. The van der Waals surface area contributed by atoms with E-state index in [0.717, 1.165) is 0 Å². The van der Waals surface area contributed by atoms with Crippen LogP contribution in [0.25, 0.3) is 0 Å². The molecule has 2 N–H and O–H groups in total. The van der Waals surface area contributed by atoms with Crippen LogP contribution in [0, 0.1) is 0 Å². The first-order valence-electron chi connectivity index (χ1n) is 8.46. The Labute approximate surface area is 173 Å². The number of nitrogens with one attached hydrogen (secondary N) is 2. The summed E-state index contributed by atoms with van der Waals surface area (Å²) < 4.78 is 32.6. The summed E-state index contributed by atoms with van der Waals surface area (Å²) in [7, 11) is -3.84. The lowest BCUT2D eigenvalue weighted by Gasteiger charge is -2.15. The van der Waals surface area contributed by atoms with Crippen LogP contribution in [0.1, 0.15) is 6.92 Å². The molecule has 0 saturated heterocycles. The van der Waals surface area contributed by atoms with E-state index in [1.165, 1.54) is 36.7 Å². The minimum Gasteiger partial charge on any atom is -0.481 e. The van der Waals surface area contributed by atoms with Crippen LogP contribution in [0.4, 0.5) is 11.6 Å². The molecule has 0 fully saturated rings. The van der Waals surface area contributed by atoms with Gasteiger partial charge in [0.05, 0.1) is 4.90 Å². The van der Waals surface area contributed by atoms with Crippen molar-refractivity contribution in [3.05, 3.63) is 72.0 Å². The van der Waals surface area contributed by atoms with Gasteiger partial charge in [0, 0.05) is 23.1 Å². The van der Waals surface area contributed by atoms with E-state index in [1.54, 1.807) is 37.3 Å². The van der Waals surface area contributed by atoms with Crippen molar-refractivity contribution in [2.75, 3.05) is 10.0 Å². The number of carbonyl (C=O) groups is 1. The van der Waals surface area contributed by atoms with Crippen molar-refractivity contribution >= 4 is 39.2 Å². The van der Waals surface area contributed by atoms with Gasteiger partial charge in [-0.2, -0.15) is 0 Å². The SMILES string of the molecule is C[C@H](Oc1cccc(Cl)c1)C(=O)Nc1ccc(S(=O)(=O)Nc2ncccn2)cc1. The number of aromatic nitrogens is 2. The average Bonchev–Trinajstić information content (AvgIpc) is 2.69. The van der Waals surface area contributed by atoms with Gasteiger partial charge >= 0.3 is 0 Å². The van der Waals surface area contributed by atoms with Crippen molar-refractivity contribution in [2.24, 2.45) is 0 Å². The van der Waals surface area contributed by atoms with Gasteiger partial charge in [-0.15, -0.1) is 0 Å². The minimum absolute atomic E-state index is 0.00572. The summed E-state index contributed by atoms with van der Waals surface area (Å²) in [5.74, 6) is 0.0454. The Morgan fingerprint density at radius 1 is 1.07 bits per heavy atom. The largest absolute Gasteiger partial charge is 0.481 e. The predicted octanol–water partition coefficient (Wildman–Crippen LogP) is 3.34. The van der Waals surface area contributed by atoms with E-state index in [-0.39, 0.29) is 10.8 Å². The zero-order chi connectivity index (χ0) is 20.9. The molecule has 0 aliphatic rings. The molecule has 3 rings (SSSR count). The number of hydrogen-bond donors (Lipinski definition) is 2. The highest BCUT2D eigenvalue weighted by atomic mass is 35.5. The van der Waals surface area contributed by atoms with Gasteiger partial charge in [0.15, 0.2) is 6.10 Å². The van der Waals surface area contributed by atoms with Gasteiger partial charge < -0.3 is 10.1 Å². The van der Waals surface area contributed by atoms with E-state index < -0.39 is 22.0 Å². The Morgan fingerprint density at radius 3 is 2.41 bits per heavy atom. The molecule has 1 aromatic heterocycles. The summed E-state index contributed by atoms with van der Waals surface area (Å²) >= 11 is 5.90. The lowest BCUT2D eigenvalue weighted by molar-refractivity contribution is -0.122. The first-order chi connectivity index (χ1) is 13.8. The summed E-state index contributed by atoms with van der Waals surface area (Å²) in [5.41, 5.74) is 0.423. The Kier molecular flexibility index (Phi) is 6.30. The third-order valence-electron chi connectivity index (χ3n) is 3.70. The van der Waals surface area contributed by atoms with E-state index in [2.05, 4.69) is 20.0 Å². The molecule has 0 saturated carbocycles. The van der Waals surface area contributed by atoms with E-state index in [0.29, 0.717) is 16.5 Å². The fourth-order valence-corrected chi connectivity index (χ4v) is 3.43. The molecule has 1 atom stereocenters. The Balaban J connectivity index is 1.63. The number of rotatable bonds is 7. The van der Waals surface area contributed by atoms with E-state index >= 15 is 0 Å². The molecule has 8 nitrogen and oxygen atoms in total. The van der Waals surface area contributed by atoms with Crippen molar-refractivity contribution in [1.82, 2.24) is 9.97 Å². The van der Waals surface area contributed by atoms with Gasteiger partial charge in [-0.1, -0.05) is 17.7 Å². The molecule has 1 heterocycles. The van der Waals surface area contributed by atoms with E-state index in [4.69, 9.17) is 16.3 Å². The first kappa shape index (κ1) is 20.6. The monoisotopic (exact) mass is 432 g/mol. The maximum Gasteiger partial charge on any atom is 0.265 e. The lowest BCUT2D eigenvalue weighted by Crippen LogP contribution is -2.30. The summed E-state index contributed by atoms with van der Waals surface area (Å²) in [6.07, 6.45) is 2.07. The molecule has 10 heteroatoms. The first-order valence-corrected chi connectivity index (χ1v) is 10.3.